The first-order chi connectivity index (χ1) is 19.4. The molecule has 9 nitrogen and oxygen atoms in total. The van der Waals surface area contributed by atoms with Gasteiger partial charge in [0.25, 0.3) is 5.91 Å². The number of amides is 2. The molecule has 0 radical (unpaired) electrons. The van der Waals surface area contributed by atoms with E-state index in [0.29, 0.717) is 22.9 Å². The number of anilines is 1. The van der Waals surface area contributed by atoms with Crippen molar-refractivity contribution in [1.82, 2.24) is 19.8 Å². The molecule has 2 fully saturated rings. The van der Waals surface area contributed by atoms with Gasteiger partial charge in [0.1, 0.15) is 28.9 Å². The number of hydrogen-bond acceptors (Lipinski definition) is 6. The van der Waals surface area contributed by atoms with E-state index in [1.807, 2.05) is 5.32 Å². The summed E-state index contributed by atoms with van der Waals surface area (Å²) in [5, 5.41) is 1.53. The van der Waals surface area contributed by atoms with Gasteiger partial charge >= 0.3 is 12.3 Å². The predicted molar refractivity (Wildman–Crippen MR) is 133 cm³/mol. The number of fused-ring (bicyclic) bond motifs is 1. The Morgan fingerprint density at radius 2 is 1.68 bits per heavy atom. The number of piperazine rings is 1. The van der Waals surface area contributed by atoms with Gasteiger partial charge in [0, 0.05) is 44.5 Å². The lowest BCUT2D eigenvalue weighted by atomic mass is 10.1. The van der Waals surface area contributed by atoms with Crippen LogP contribution in [0.15, 0.2) is 35.3 Å². The fourth-order valence-electron chi connectivity index (χ4n) is 4.83. The summed E-state index contributed by atoms with van der Waals surface area (Å²) in [6.45, 7) is 1.11. The second kappa shape index (κ2) is 10.6. The van der Waals surface area contributed by atoms with Crippen LogP contribution in [0.2, 0.25) is 0 Å². The molecule has 1 atom stereocenters. The molecule has 1 N–H and O–H groups in total. The van der Waals surface area contributed by atoms with Crippen LogP contribution in [0.25, 0.3) is 16.7 Å². The number of benzene rings is 1. The highest BCUT2D eigenvalue weighted by atomic mass is 19.4. The van der Waals surface area contributed by atoms with Gasteiger partial charge in [-0.25, -0.2) is 22.9 Å². The summed E-state index contributed by atoms with van der Waals surface area (Å²) < 4.78 is 89.7. The zero-order valence-electron chi connectivity index (χ0n) is 21.5. The molecule has 1 aliphatic heterocycles. The highest BCUT2D eigenvalue weighted by molar-refractivity contribution is 5.97. The number of hydrogen-bond donors (Lipinski definition) is 1. The Bertz CT molecular complexity index is 1560. The van der Waals surface area contributed by atoms with E-state index in [1.165, 1.54) is 24.1 Å². The molecule has 1 saturated carbocycles. The van der Waals surface area contributed by atoms with Crippen molar-refractivity contribution in [3.63, 3.8) is 0 Å². The number of pyridine rings is 2. The summed E-state index contributed by atoms with van der Waals surface area (Å²) in [5.74, 6) is -6.01. The van der Waals surface area contributed by atoms with Crippen LogP contribution in [0.3, 0.4) is 0 Å². The van der Waals surface area contributed by atoms with Crippen molar-refractivity contribution in [3.8, 4) is 5.69 Å². The van der Waals surface area contributed by atoms with E-state index in [-0.39, 0.29) is 55.9 Å². The van der Waals surface area contributed by atoms with Crippen molar-refractivity contribution >= 4 is 28.9 Å². The Kier molecular flexibility index (Phi) is 7.30. The summed E-state index contributed by atoms with van der Waals surface area (Å²) in [5.41, 5.74) is -3.03. The Labute approximate surface area is 228 Å². The van der Waals surface area contributed by atoms with Crippen molar-refractivity contribution in [1.29, 1.82) is 0 Å². The first-order valence-corrected chi connectivity index (χ1v) is 12.6. The zero-order chi connectivity index (χ0) is 29.6. The fourth-order valence-corrected chi connectivity index (χ4v) is 4.83. The number of carbonyl (C=O) groups is 2. The predicted octanol–water partition coefficient (Wildman–Crippen LogP) is 3.76. The summed E-state index contributed by atoms with van der Waals surface area (Å²) in [4.78, 5) is 45.7. The molecule has 5 rings (SSSR count). The Hall–Kier alpha value is -4.30. The third kappa shape index (κ3) is 5.52. The number of ether oxygens (including phenoxy) is 1. The average molecular weight is 583 g/mol. The van der Waals surface area contributed by atoms with Gasteiger partial charge in [-0.2, -0.15) is 13.2 Å². The second-order valence-corrected chi connectivity index (χ2v) is 9.77. The maximum absolute atomic E-state index is 14.9. The number of halogens is 6. The SMILES string of the molecule is COC(=O)N1CCN(c2ccc3c(=O)c(C(=O)N[C@@H](C4CC4)C(F)(F)F)cn(-c4c(F)cc(F)cc4F)c3n2)CC1. The normalized spacial score (nSPS) is 16.6. The Morgan fingerprint density at radius 3 is 2.24 bits per heavy atom. The van der Waals surface area contributed by atoms with E-state index in [4.69, 9.17) is 4.74 Å². The topological polar surface area (TPSA) is 96.8 Å². The van der Waals surface area contributed by atoms with E-state index in [0.717, 1.165) is 0 Å². The van der Waals surface area contributed by atoms with Crippen LogP contribution < -0.4 is 15.6 Å². The zero-order valence-corrected chi connectivity index (χ0v) is 21.5. The van der Waals surface area contributed by atoms with Gasteiger partial charge in [0.05, 0.1) is 12.5 Å². The van der Waals surface area contributed by atoms with Gasteiger partial charge in [0.2, 0.25) is 5.43 Å². The number of nitrogens with zero attached hydrogens (tertiary/aromatic N) is 4. The molecule has 41 heavy (non-hydrogen) atoms. The molecule has 3 heterocycles. The molecule has 3 aromatic rings. The van der Waals surface area contributed by atoms with Crippen molar-refractivity contribution in [2.45, 2.75) is 25.1 Å². The largest absolute Gasteiger partial charge is 0.453 e. The van der Waals surface area contributed by atoms with E-state index < -0.39 is 64.3 Å². The molecule has 15 heteroatoms. The lowest BCUT2D eigenvalue weighted by molar-refractivity contribution is -0.158. The molecule has 218 valence electrons. The minimum atomic E-state index is -4.78. The molecular formula is C26H23F6N5O4. The van der Waals surface area contributed by atoms with Crippen LogP contribution in [-0.2, 0) is 4.74 Å². The minimum absolute atomic E-state index is 0.235. The smallest absolute Gasteiger partial charge is 0.409 e. The second-order valence-electron chi connectivity index (χ2n) is 9.77. The molecular weight excluding hydrogens is 560 g/mol. The van der Waals surface area contributed by atoms with E-state index >= 15 is 0 Å². The third-order valence-corrected chi connectivity index (χ3v) is 7.07. The van der Waals surface area contributed by atoms with Gasteiger partial charge in [-0.3, -0.25) is 14.2 Å². The summed E-state index contributed by atoms with van der Waals surface area (Å²) in [6, 6.07) is 1.20. The van der Waals surface area contributed by atoms with E-state index in [2.05, 4.69) is 4.98 Å². The third-order valence-electron chi connectivity index (χ3n) is 7.07. The number of alkyl halides is 3. The molecule has 1 saturated heterocycles. The first-order valence-electron chi connectivity index (χ1n) is 12.6. The molecule has 0 spiro atoms. The number of rotatable bonds is 5. The number of methoxy groups -OCH3 is 1. The lowest BCUT2D eigenvalue weighted by Crippen LogP contribution is -2.49. The standard InChI is InChI=1S/C26H23F6N5O4/c1-41-25(40)36-8-6-35(7-9-36)19-5-4-15-21(38)16(24(39)34-22(13-2-3-13)26(30,31)32)12-37(23(15)33-19)20-17(28)10-14(27)11-18(20)29/h4-5,10-13,22H,2-3,6-9H2,1H3,(H,34,39)/t22-/m0/s1. The van der Waals surface area contributed by atoms with Crippen LogP contribution in [0, 0.1) is 23.4 Å². The van der Waals surface area contributed by atoms with Crippen molar-refractivity contribution < 1.29 is 40.7 Å². The molecule has 2 aliphatic rings. The molecule has 2 aromatic heterocycles. The van der Waals surface area contributed by atoms with Crippen LogP contribution in [0.5, 0.6) is 0 Å². The van der Waals surface area contributed by atoms with Crippen molar-refractivity contribution in [3.05, 3.63) is 63.7 Å². The Balaban J connectivity index is 1.61. The summed E-state index contributed by atoms with van der Waals surface area (Å²) >= 11 is 0. The van der Waals surface area contributed by atoms with E-state index in [9.17, 15) is 40.7 Å². The highest BCUT2D eigenvalue weighted by Gasteiger charge is 2.50. The Morgan fingerprint density at radius 1 is 1.05 bits per heavy atom. The highest BCUT2D eigenvalue weighted by Crippen LogP contribution is 2.40. The monoisotopic (exact) mass is 583 g/mol. The van der Waals surface area contributed by atoms with Gasteiger partial charge in [-0.05, 0) is 30.9 Å². The van der Waals surface area contributed by atoms with Crippen LogP contribution in [0.1, 0.15) is 23.2 Å². The molecule has 1 aliphatic carbocycles. The minimum Gasteiger partial charge on any atom is -0.453 e. The number of nitrogens with one attached hydrogen (secondary N) is 1. The van der Waals surface area contributed by atoms with Gasteiger partial charge in [-0.1, -0.05) is 0 Å². The summed E-state index contributed by atoms with van der Waals surface area (Å²) in [6.07, 6.45) is -4.13. The number of aromatic nitrogens is 2. The quantitative estimate of drug-likeness (QED) is 0.460. The molecule has 2 amide bonds. The van der Waals surface area contributed by atoms with Gasteiger partial charge in [-0.15, -0.1) is 0 Å². The van der Waals surface area contributed by atoms with Crippen LogP contribution in [-0.4, -0.2) is 72.0 Å². The molecule has 0 unspecified atom stereocenters. The molecule has 0 bridgehead atoms. The van der Waals surface area contributed by atoms with Crippen molar-refractivity contribution in [2.24, 2.45) is 5.92 Å². The van der Waals surface area contributed by atoms with Crippen molar-refractivity contribution in [2.75, 3.05) is 38.2 Å². The van der Waals surface area contributed by atoms with Gasteiger partial charge < -0.3 is 19.9 Å². The maximum atomic E-state index is 14.9. The molecule has 1 aromatic carbocycles. The average Bonchev–Trinajstić information content (AvgIpc) is 3.76. The maximum Gasteiger partial charge on any atom is 0.409 e. The number of carbonyl (C=O) groups excluding carboxylic acids is 2. The van der Waals surface area contributed by atoms with Crippen LogP contribution in [0.4, 0.5) is 37.0 Å². The summed E-state index contributed by atoms with van der Waals surface area (Å²) in [7, 11) is 1.25. The van der Waals surface area contributed by atoms with Crippen LogP contribution >= 0.6 is 0 Å². The van der Waals surface area contributed by atoms with E-state index in [1.54, 1.807) is 4.90 Å². The lowest BCUT2D eigenvalue weighted by Gasteiger charge is -2.34. The van der Waals surface area contributed by atoms with Gasteiger partial charge in [0.15, 0.2) is 17.3 Å². The first kappa shape index (κ1) is 28.2. The fraction of sp³-hybridized carbons (Fsp3) is 0.385.